The zero-order valence-electron chi connectivity index (χ0n) is 15.0. The summed E-state index contributed by atoms with van der Waals surface area (Å²) in [6.07, 6.45) is 3.21. The van der Waals surface area contributed by atoms with Gasteiger partial charge in [-0.2, -0.15) is 5.10 Å². The Morgan fingerprint density at radius 1 is 1.24 bits per heavy atom. The Labute approximate surface area is 148 Å². The van der Waals surface area contributed by atoms with Crippen LogP contribution in [0.4, 0.5) is 5.69 Å². The van der Waals surface area contributed by atoms with E-state index in [2.05, 4.69) is 27.1 Å². The minimum absolute atomic E-state index is 0.211. The molecule has 3 heterocycles. The molecule has 1 amide bonds. The van der Waals surface area contributed by atoms with Crippen molar-refractivity contribution in [3.8, 4) is 0 Å². The maximum Gasteiger partial charge on any atom is 0.241 e. The van der Waals surface area contributed by atoms with Gasteiger partial charge in [0.05, 0.1) is 13.1 Å². The van der Waals surface area contributed by atoms with Gasteiger partial charge in [0.1, 0.15) is 11.6 Å². The summed E-state index contributed by atoms with van der Waals surface area (Å²) in [5.41, 5.74) is 2.37. The Balaban J connectivity index is 1.43. The number of anilines is 1. The molecule has 1 aromatic heterocycles. The predicted molar refractivity (Wildman–Crippen MR) is 96.6 cm³/mol. The first-order valence-electron chi connectivity index (χ1n) is 9.12. The highest BCUT2D eigenvalue weighted by Gasteiger charge is 2.31. The molecule has 0 bridgehead atoms. The van der Waals surface area contributed by atoms with E-state index in [4.69, 9.17) is 0 Å². The second-order valence-electron chi connectivity index (χ2n) is 7.08. The molecule has 1 unspecified atom stereocenters. The number of rotatable bonds is 4. The Morgan fingerprint density at radius 2 is 2.08 bits per heavy atom. The van der Waals surface area contributed by atoms with Crippen molar-refractivity contribution < 1.29 is 4.79 Å². The summed E-state index contributed by atoms with van der Waals surface area (Å²) in [4.78, 5) is 21.5. The SMILES string of the molecule is Cc1nc(C)n(CC2CCCN2CC(=O)N2CCc3ccccc32)n1. The van der Waals surface area contributed by atoms with Gasteiger partial charge < -0.3 is 4.90 Å². The van der Waals surface area contributed by atoms with Gasteiger partial charge >= 0.3 is 0 Å². The molecule has 2 aliphatic heterocycles. The minimum atomic E-state index is 0.211. The molecule has 0 radical (unpaired) electrons. The molecule has 1 saturated heterocycles. The summed E-state index contributed by atoms with van der Waals surface area (Å²) < 4.78 is 1.98. The minimum Gasteiger partial charge on any atom is -0.311 e. The number of aromatic nitrogens is 3. The Bertz CT molecular complexity index is 784. The molecule has 2 aliphatic rings. The summed E-state index contributed by atoms with van der Waals surface area (Å²) in [6, 6.07) is 8.60. The van der Waals surface area contributed by atoms with Crippen LogP contribution in [0.15, 0.2) is 24.3 Å². The van der Waals surface area contributed by atoms with Crippen LogP contribution in [0.25, 0.3) is 0 Å². The molecule has 6 nitrogen and oxygen atoms in total. The zero-order valence-corrected chi connectivity index (χ0v) is 15.0. The molecule has 1 fully saturated rings. The van der Waals surface area contributed by atoms with Crippen LogP contribution in [-0.4, -0.2) is 51.2 Å². The highest BCUT2D eigenvalue weighted by Crippen LogP contribution is 2.28. The van der Waals surface area contributed by atoms with Gasteiger partial charge in [-0.3, -0.25) is 9.69 Å². The molecule has 0 aliphatic carbocycles. The molecule has 1 atom stereocenters. The number of nitrogens with zero attached hydrogens (tertiary/aromatic N) is 5. The first-order valence-corrected chi connectivity index (χ1v) is 9.12. The molecule has 6 heteroatoms. The number of carbonyl (C=O) groups excluding carboxylic acids is 1. The number of carbonyl (C=O) groups is 1. The van der Waals surface area contributed by atoms with E-state index in [1.165, 1.54) is 5.56 Å². The predicted octanol–water partition coefficient (Wildman–Crippen LogP) is 1.95. The summed E-state index contributed by atoms with van der Waals surface area (Å²) in [6.45, 7) is 7.01. The summed E-state index contributed by atoms with van der Waals surface area (Å²) in [7, 11) is 0. The van der Waals surface area contributed by atoms with Gasteiger partial charge in [-0.1, -0.05) is 18.2 Å². The van der Waals surface area contributed by atoms with Crippen molar-refractivity contribution in [2.24, 2.45) is 0 Å². The van der Waals surface area contributed by atoms with Crippen LogP contribution in [0, 0.1) is 13.8 Å². The zero-order chi connectivity index (χ0) is 17.4. The third-order valence-electron chi connectivity index (χ3n) is 5.37. The molecule has 1 aromatic carbocycles. The van der Waals surface area contributed by atoms with Gasteiger partial charge in [-0.15, -0.1) is 0 Å². The van der Waals surface area contributed by atoms with Crippen molar-refractivity contribution in [2.75, 3.05) is 24.5 Å². The largest absolute Gasteiger partial charge is 0.311 e. The number of hydrogen-bond acceptors (Lipinski definition) is 4. The van der Waals surface area contributed by atoms with Crippen molar-refractivity contribution in [1.82, 2.24) is 19.7 Å². The van der Waals surface area contributed by atoms with Gasteiger partial charge in [-0.25, -0.2) is 9.67 Å². The van der Waals surface area contributed by atoms with E-state index in [9.17, 15) is 4.79 Å². The monoisotopic (exact) mass is 339 g/mol. The van der Waals surface area contributed by atoms with E-state index in [0.717, 1.165) is 56.2 Å². The maximum atomic E-state index is 12.9. The fourth-order valence-corrected chi connectivity index (χ4v) is 4.10. The van der Waals surface area contributed by atoms with Gasteiger partial charge in [0.2, 0.25) is 5.91 Å². The second-order valence-corrected chi connectivity index (χ2v) is 7.08. The van der Waals surface area contributed by atoms with Crippen LogP contribution in [0.5, 0.6) is 0 Å². The van der Waals surface area contributed by atoms with Crippen LogP contribution < -0.4 is 4.90 Å². The van der Waals surface area contributed by atoms with E-state index in [-0.39, 0.29) is 5.91 Å². The highest BCUT2D eigenvalue weighted by atomic mass is 16.2. The van der Waals surface area contributed by atoms with E-state index >= 15 is 0 Å². The van der Waals surface area contributed by atoms with E-state index in [1.54, 1.807) is 0 Å². The van der Waals surface area contributed by atoms with Gasteiger partial charge in [0.25, 0.3) is 0 Å². The molecular weight excluding hydrogens is 314 g/mol. The van der Waals surface area contributed by atoms with E-state index < -0.39 is 0 Å². The molecule has 132 valence electrons. The fourth-order valence-electron chi connectivity index (χ4n) is 4.10. The Hall–Kier alpha value is -2.21. The highest BCUT2D eigenvalue weighted by molar-refractivity contribution is 5.96. The number of likely N-dealkylation sites (tertiary alicyclic amines) is 1. The number of amides is 1. The van der Waals surface area contributed by atoms with E-state index in [1.807, 2.05) is 35.6 Å². The first-order chi connectivity index (χ1) is 12.1. The first kappa shape index (κ1) is 16.3. The van der Waals surface area contributed by atoms with Crippen molar-refractivity contribution in [1.29, 1.82) is 0 Å². The number of aryl methyl sites for hydroxylation is 2. The molecule has 2 aromatic rings. The van der Waals surface area contributed by atoms with Crippen molar-refractivity contribution in [2.45, 2.75) is 45.7 Å². The van der Waals surface area contributed by atoms with E-state index in [0.29, 0.717) is 12.6 Å². The lowest BCUT2D eigenvalue weighted by Crippen LogP contribution is -2.43. The third-order valence-corrected chi connectivity index (χ3v) is 5.37. The van der Waals surface area contributed by atoms with Crippen LogP contribution >= 0.6 is 0 Å². The lowest BCUT2D eigenvalue weighted by molar-refractivity contribution is -0.119. The molecule has 25 heavy (non-hydrogen) atoms. The average molecular weight is 339 g/mol. The van der Waals surface area contributed by atoms with Gasteiger partial charge in [0, 0.05) is 18.3 Å². The topological polar surface area (TPSA) is 54.3 Å². The normalized spacial score (nSPS) is 20.2. The van der Waals surface area contributed by atoms with Crippen molar-refractivity contribution >= 4 is 11.6 Å². The summed E-state index contributed by atoms with van der Waals surface area (Å²) >= 11 is 0. The standard InChI is InChI=1S/C19H25N5O/c1-14-20-15(2)24(21-14)12-17-7-5-10-22(17)13-19(25)23-11-9-16-6-3-4-8-18(16)23/h3-4,6,8,17H,5,7,9-13H2,1-2H3. The molecule has 4 rings (SSSR count). The van der Waals surface area contributed by atoms with Crippen LogP contribution in [0.3, 0.4) is 0 Å². The second kappa shape index (κ2) is 6.59. The van der Waals surface area contributed by atoms with Crippen LogP contribution in [0.1, 0.15) is 30.1 Å². The Morgan fingerprint density at radius 3 is 2.88 bits per heavy atom. The number of para-hydroxylation sites is 1. The number of fused-ring (bicyclic) bond motifs is 1. The third kappa shape index (κ3) is 3.18. The Kier molecular flexibility index (Phi) is 4.29. The maximum absolute atomic E-state index is 12.9. The van der Waals surface area contributed by atoms with Crippen molar-refractivity contribution in [3.63, 3.8) is 0 Å². The molecule has 0 N–H and O–H groups in total. The number of benzene rings is 1. The summed E-state index contributed by atoms with van der Waals surface area (Å²) in [5, 5.41) is 4.48. The smallest absolute Gasteiger partial charge is 0.241 e. The quantitative estimate of drug-likeness (QED) is 0.854. The molecule has 0 spiro atoms. The number of hydrogen-bond donors (Lipinski definition) is 0. The van der Waals surface area contributed by atoms with Gasteiger partial charge in [-0.05, 0) is 51.3 Å². The lowest BCUT2D eigenvalue weighted by Gasteiger charge is -2.26. The average Bonchev–Trinajstić information content (AvgIpc) is 3.28. The summed E-state index contributed by atoms with van der Waals surface area (Å²) in [5.74, 6) is 1.97. The fraction of sp³-hybridized carbons (Fsp3) is 0.526. The van der Waals surface area contributed by atoms with Gasteiger partial charge in [0.15, 0.2) is 0 Å². The molecule has 0 saturated carbocycles. The van der Waals surface area contributed by atoms with Crippen LogP contribution in [-0.2, 0) is 17.8 Å². The molecular formula is C19H25N5O. The van der Waals surface area contributed by atoms with Crippen molar-refractivity contribution in [3.05, 3.63) is 41.5 Å². The lowest BCUT2D eigenvalue weighted by atomic mass is 10.2. The van der Waals surface area contributed by atoms with Crippen LogP contribution in [0.2, 0.25) is 0 Å².